The highest BCUT2D eigenvalue weighted by molar-refractivity contribution is 5.95. The molecule has 3 rings (SSSR count). The van der Waals surface area contributed by atoms with E-state index >= 15 is 0 Å². The van der Waals surface area contributed by atoms with Gasteiger partial charge in [-0.05, 0) is 35.7 Å². The summed E-state index contributed by atoms with van der Waals surface area (Å²) in [5.74, 6) is 0.403. The zero-order chi connectivity index (χ0) is 20.1. The van der Waals surface area contributed by atoms with Gasteiger partial charge in [0.05, 0.1) is 6.04 Å². The summed E-state index contributed by atoms with van der Waals surface area (Å²) < 4.78 is 0. The van der Waals surface area contributed by atoms with Crippen LogP contribution in [0, 0.1) is 0 Å². The Kier molecular flexibility index (Phi) is 6.47. The highest BCUT2D eigenvalue weighted by Gasteiger charge is 2.34. The number of amides is 2. The molecule has 0 aromatic heterocycles. The predicted octanol–water partition coefficient (Wildman–Crippen LogP) is 2.36. The van der Waals surface area contributed by atoms with Crippen LogP contribution in [0.15, 0.2) is 48.5 Å². The maximum absolute atomic E-state index is 12.6. The van der Waals surface area contributed by atoms with E-state index < -0.39 is 0 Å². The Hall–Kier alpha value is -2.66. The lowest BCUT2D eigenvalue weighted by Gasteiger charge is -2.19. The number of hydrogen-bond acceptors (Lipinski definition) is 2. The van der Waals surface area contributed by atoms with Crippen LogP contribution in [0.3, 0.4) is 0 Å². The van der Waals surface area contributed by atoms with E-state index in [0.29, 0.717) is 29.8 Å². The Labute approximate surface area is 167 Å². The smallest absolute Gasteiger partial charge is 0.279 e. The molecule has 1 atom stereocenters. The number of nitrogens with one attached hydrogen (secondary N) is 3. The van der Waals surface area contributed by atoms with Crippen molar-refractivity contribution in [3.05, 3.63) is 65.2 Å². The highest BCUT2D eigenvalue weighted by Crippen LogP contribution is 2.17. The first-order valence-electron chi connectivity index (χ1n) is 10.0. The van der Waals surface area contributed by atoms with Crippen molar-refractivity contribution in [3.63, 3.8) is 0 Å². The molecule has 2 aromatic carbocycles. The number of quaternary nitrogens is 1. The summed E-state index contributed by atoms with van der Waals surface area (Å²) in [6, 6.07) is 16.3. The van der Waals surface area contributed by atoms with E-state index in [4.69, 9.17) is 0 Å². The average molecular weight is 381 g/mol. The van der Waals surface area contributed by atoms with Crippen molar-refractivity contribution < 1.29 is 14.5 Å². The quantitative estimate of drug-likeness (QED) is 0.658. The summed E-state index contributed by atoms with van der Waals surface area (Å²) in [7, 11) is 1.60. The molecule has 2 aromatic rings. The lowest BCUT2D eigenvalue weighted by molar-refractivity contribution is -0.916. The van der Waals surface area contributed by atoms with Crippen molar-refractivity contribution in [2.45, 2.75) is 45.2 Å². The zero-order valence-corrected chi connectivity index (χ0v) is 16.9. The number of benzene rings is 2. The summed E-state index contributed by atoms with van der Waals surface area (Å²) >= 11 is 0. The van der Waals surface area contributed by atoms with Gasteiger partial charge in [-0.1, -0.05) is 38.1 Å². The number of rotatable bonds is 8. The molecular weight excluding hydrogens is 350 g/mol. The molecule has 0 bridgehead atoms. The fourth-order valence-corrected chi connectivity index (χ4v) is 3.39. The molecule has 5 nitrogen and oxygen atoms in total. The Balaban J connectivity index is 1.58. The molecule has 1 saturated carbocycles. The first-order chi connectivity index (χ1) is 13.5. The van der Waals surface area contributed by atoms with Crippen molar-refractivity contribution >= 4 is 17.5 Å². The van der Waals surface area contributed by atoms with Crippen LogP contribution in [0.4, 0.5) is 5.69 Å². The molecule has 5 heteroatoms. The van der Waals surface area contributed by atoms with Crippen LogP contribution in [-0.2, 0) is 11.3 Å². The van der Waals surface area contributed by atoms with E-state index in [9.17, 15) is 9.59 Å². The molecule has 1 aliphatic carbocycles. The third-order valence-electron chi connectivity index (χ3n) is 5.28. The predicted molar refractivity (Wildman–Crippen MR) is 112 cm³/mol. The minimum atomic E-state index is -0.134. The Bertz CT molecular complexity index is 809. The lowest BCUT2D eigenvalue weighted by atomic mass is 10.0. The number of anilines is 1. The number of carbonyl (C=O) groups is 2. The Morgan fingerprint density at radius 3 is 2.21 bits per heavy atom. The van der Waals surface area contributed by atoms with E-state index in [1.54, 1.807) is 31.3 Å². The van der Waals surface area contributed by atoms with Crippen LogP contribution in [0.1, 0.15) is 54.1 Å². The van der Waals surface area contributed by atoms with E-state index in [1.165, 1.54) is 28.9 Å². The van der Waals surface area contributed by atoms with Crippen LogP contribution in [-0.4, -0.2) is 31.4 Å². The first-order valence-corrected chi connectivity index (χ1v) is 10.0. The number of carbonyl (C=O) groups excluding carboxylic acids is 2. The molecular formula is C23H30N3O2+. The molecule has 0 heterocycles. The van der Waals surface area contributed by atoms with Crippen LogP contribution in [0.5, 0.6) is 0 Å². The van der Waals surface area contributed by atoms with Gasteiger partial charge in [-0.15, -0.1) is 0 Å². The van der Waals surface area contributed by atoms with Crippen molar-refractivity contribution in [3.8, 4) is 0 Å². The van der Waals surface area contributed by atoms with E-state index in [-0.39, 0.29) is 11.8 Å². The maximum Gasteiger partial charge on any atom is 0.279 e. The van der Waals surface area contributed by atoms with Gasteiger partial charge in [0.1, 0.15) is 6.54 Å². The molecule has 2 amide bonds. The molecule has 0 radical (unpaired) electrons. The summed E-state index contributed by atoms with van der Waals surface area (Å²) in [5.41, 5.74) is 3.91. The van der Waals surface area contributed by atoms with Gasteiger partial charge in [0.15, 0.2) is 6.54 Å². The minimum Gasteiger partial charge on any atom is -0.355 e. The zero-order valence-electron chi connectivity index (χ0n) is 16.9. The van der Waals surface area contributed by atoms with Gasteiger partial charge in [0, 0.05) is 36.7 Å². The first kappa shape index (κ1) is 20.1. The number of hydrogen-bond donors (Lipinski definition) is 3. The third-order valence-corrected chi connectivity index (χ3v) is 5.28. The monoisotopic (exact) mass is 380 g/mol. The molecule has 0 saturated heterocycles. The van der Waals surface area contributed by atoms with Crippen LogP contribution in [0.2, 0.25) is 0 Å². The summed E-state index contributed by atoms with van der Waals surface area (Å²) in [6.07, 6.45) is 2.38. The van der Waals surface area contributed by atoms with Crippen molar-refractivity contribution in [1.82, 2.24) is 5.32 Å². The Morgan fingerprint density at radius 2 is 1.68 bits per heavy atom. The van der Waals surface area contributed by atoms with Crippen LogP contribution >= 0.6 is 0 Å². The average Bonchev–Trinajstić information content (AvgIpc) is 3.53. The molecule has 148 valence electrons. The molecule has 1 fully saturated rings. The molecule has 1 unspecified atom stereocenters. The van der Waals surface area contributed by atoms with Gasteiger partial charge in [-0.25, -0.2) is 0 Å². The summed E-state index contributed by atoms with van der Waals surface area (Å²) in [6.45, 7) is 5.71. The molecule has 3 N–H and O–H groups in total. The normalized spacial score (nSPS) is 14.6. The minimum absolute atomic E-state index is 0.00777. The summed E-state index contributed by atoms with van der Waals surface area (Å²) in [5, 5.41) is 5.55. The molecule has 0 spiro atoms. The van der Waals surface area contributed by atoms with Gasteiger partial charge >= 0.3 is 0 Å². The van der Waals surface area contributed by atoms with E-state index in [0.717, 1.165) is 6.54 Å². The van der Waals surface area contributed by atoms with Gasteiger partial charge in [0.2, 0.25) is 0 Å². The van der Waals surface area contributed by atoms with Gasteiger partial charge in [-0.3, -0.25) is 9.59 Å². The largest absolute Gasteiger partial charge is 0.355 e. The van der Waals surface area contributed by atoms with Gasteiger partial charge in [-0.2, -0.15) is 0 Å². The van der Waals surface area contributed by atoms with E-state index in [2.05, 4.69) is 48.7 Å². The Morgan fingerprint density at radius 1 is 1.04 bits per heavy atom. The van der Waals surface area contributed by atoms with Crippen LogP contribution < -0.4 is 15.5 Å². The third kappa shape index (κ3) is 5.42. The topological polar surface area (TPSA) is 62.6 Å². The van der Waals surface area contributed by atoms with E-state index in [1.807, 2.05) is 0 Å². The van der Waals surface area contributed by atoms with Gasteiger partial charge in [0.25, 0.3) is 11.8 Å². The van der Waals surface area contributed by atoms with Gasteiger partial charge < -0.3 is 15.5 Å². The molecule has 1 aliphatic rings. The van der Waals surface area contributed by atoms with Crippen molar-refractivity contribution in [2.24, 2.45) is 0 Å². The maximum atomic E-state index is 12.6. The summed E-state index contributed by atoms with van der Waals surface area (Å²) in [4.78, 5) is 25.5. The van der Waals surface area contributed by atoms with Crippen molar-refractivity contribution in [1.29, 1.82) is 0 Å². The fourth-order valence-electron chi connectivity index (χ4n) is 3.39. The second-order valence-electron chi connectivity index (χ2n) is 7.89. The van der Waals surface area contributed by atoms with Crippen LogP contribution in [0.25, 0.3) is 0 Å². The fraction of sp³-hybridized carbons (Fsp3) is 0.391. The van der Waals surface area contributed by atoms with Crippen molar-refractivity contribution in [2.75, 3.05) is 18.9 Å². The standard InChI is InChI=1S/C23H29N3O2/c1-16(2)18-6-4-17(5-7-18)14-26(21-12-13-21)15-22(27)25-20-10-8-19(9-11-20)23(28)24-3/h4-11,16,21H,12-15H2,1-3H3,(H,24,28)(H,25,27)/p+1. The second-order valence-corrected chi connectivity index (χ2v) is 7.89. The lowest BCUT2D eigenvalue weighted by Crippen LogP contribution is -3.13. The molecule has 28 heavy (non-hydrogen) atoms. The highest BCUT2D eigenvalue weighted by atomic mass is 16.2. The second kappa shape index (κ2) is 9.02. The SMILES string of the molecule is CNC(=O)c1ccc(NC(=O)C[NH+](Cc2ccc(C(C)C)cc2)C2CC2)cc1. The molecule has 0 aliphatic heterocycles.